The number of fused-ring (bicyclic) bond motifs is 11. The highest BCUT2D eigenvalue weighted by Crippen LogP contribution is 2.46. The summed E-state index contributed by atoms with van der Waals surface area (Å²) in [4.78, 5) is 11.9. The first-order chi connectivity index (χ1) is 36.6. The van der Waals surface area contributed by atoms with Crippen molar-refractivity contribution >= 4 is 108 Å². The van der Waals surface area contributed by atoms with Crippen LogP contribution in [0.4, 0.5) is 0 Å². The maximum absolute atomic E-state index is 6.02. The van der Waals surface area contributed by atoms with Crippen molar-refractivity contribution in [3.05, 3.63) is 253 Å². The normalized spacial score (nSPS) is 15.4. The Balaban J connectivity index is 0.995. The lowest BCUT2D eigenvalue weighted by Crippen LogP contribution is -2.19. The molecule has 0 radical (unpaired) electrons. The molecule has 4 heterocycles. The van der Waals surface area contributed by atoms with E-state index in [1.165, 1.54) is 96.5 Å². The summed E-state index contributed by atoms with van der Waals surface area (Å²) < 4.78 is 7.50. The molecule has 11 aromatic carbocycles. The molecule has 350 valence electrons. The van der Waals surface area contributed by atoms with Crippen LogP contribution in [-0.2, 0) is 0 Å². The van der Waals surface area contributed by atoms with E-state index in [1.807, 2.05) is 11.3 Å². The van der Waals surface area contributed by atoms with Crippen LogP contribution in [0.1, 0.15) is 42.5 Å². The van der Waals surface area contributed by atoms with Crippen LogP contribution in [0.15, 0.2) is 247 Å². The first-order valence-corrected chi connectivity index (χ1v) is 26.6. The van der Waals surface area contributed by atoms with Gasteiger partial charge in [0.25, 0.3) is 0 Å². The fourth-order valence-corrected chi connectivity index (χ4v) is 13.3. The largest absolute Gasteiger partial charge is 0.309 e. The highest BCUT2D eigenvalue weighted by Gasteiger charge is 2.29. The van der Waals surface area contributed by atoms with E-state index in [2.05, 4.69) is 253 Å². The van der Waals surface area contributed by atoms with Gasteiger partial charge in [-0.15, -0.1) is 11.3 Å². The van der Waals surface area contributed by atoms with E-state index in [9.17, 15) is 0 Å². The van der Waals surface area contributed by atoms with Crippen LogP contribution >= 0.6 is 11.3 Å². The molecule has 5 heteroatoms. The first kappa shape index (κ1) is 42.8. The number of aliphatic imine (C=N–C) groups is 2. The standard InChI is InChI=1S/C69H48N4S/c1-43-31-36-60(55-28-16-27-54-53-25-12-14-29-61(53)73(68(54)55)51-23-6-3-7-24-51)70-69(46-34-32-45(33-35-46)44-17-4-2-5-18-44)71-67(43)59-41-52(42-65-66(59)56-26-13-15-30-64(56)74-65)72-62-39-49-21-10-8-19-47(49)37-57(62)58-38-48-20-9-11-22-50(48)40-63(58)72/h2-30,32-35,37-43,67H,31,36H2,1H3. The second-order valence-corrected chi connectivity index (χ2v) is 21.2. The topological polar surface area (TPSA) is 34.6 Å². The van der Waals surface area contributed by atoms with Gasteiger partial charge >= 0.3 is 0 Å². The molecule has 0 saturated carbocycles. The van der Waals surface area contributed by atoms with Crippen LogP contribution in [0.2, 0.25) is 0 Å². The van der Waals surface area contributed by atoms with Crippen molar-refractivity contribution in [3.63, 3.8) is 0 Å². The van der Waals surface area contributed by atoms with E-state index in [0.717, 1.165) is 52.5 Å². The summed E-state index contributed by atoms with van der Waals surface area (Å²) in [6.45, 7) is 2.42. The fourth-order valence-electron chi connectivity index (χ4n) is 12.1. The molecule has 0 saturated heterocycles. The molecule has 1 aliphatic rings. The molecule has 0 N–H and O–H groups in total. The SMILES string of the molecule is CC1CCC(c2cccc3c4ccccc4n(-c4ccccc4)c23)=NC(c2ccc(-c3ccccc3)cc2)=NC1c1cc(-n2c3cc4ccccc4cc3c3cc4ccccc4cc32)cc2sc3ccccc3c12. The molecular weight excluding hydrogens is 917 g/mol. The quantitative estimate of drug-likeness (QED) is 0.159. The zero-order valence-corrected chi connectivity index (χ0v) is 41.6. The van der Waals surface area contributed by atoms with Gasteiger partial charge in [0.15, 0.2) is 5.84 Å². The smallest absolute Gasteiger partial charge is 0.155 e. The van der Waals surface area contributed by atoms with Crippen molar-refractivity contribution in [3.8, 4) is 22.5 Å². The molecule has 0 amide bonds. The summed E-state index contributed by atoms with van der Waals surface area (Å²) in [7, 11) is 0. The summed E-state index contributed by atoms with van der Waals surface area (Å²) in [5.74, 6) is 0.907. The minimum atomic E-state index is -0.203. The number of thiophene rings is 1. The summed E-state index contributed by atoms with van der Waals surface area (Å²) in [6, 6.07) is 86.6. The second-order valence-electron chi connectivity index (χ2n) is 20.1. The van der Waals surface area contributed by atoms with Crippen molar-refractivity contribution in [1.29, 1.82) is 0 Å². The van der Waals surface area contributed by atoms with Gasteiger partial charge in [-0.25, -0.2) is 4.99 Å². The minimum Gasteiger partial charge on any atom is -0.309 e. The molecule has 0 bridgehead atoms. The Bertz CT molecular complexity index is 4520. The number of benzene rings is 11. The molecule has 15 rings (SSSR count). The Morgan fingerprint density at radius 3 is 1.73 bits per heavy atom. The average molecular weight is 965 g/mol. The first-order valence-electron chi connectivity index (χ1n) is 25.8. The number of aromatic nitrogens is 2. The number of nitrogens with zero attached hydrogens (tertiary/aromatic N) is 4. The number of hydrogen-bond donors (Lipinski definition) is 0. The van der Waals surface area contributed by atoms with Crippen LogP contribution in [0.25, 0.3) is 108 Å². The zero-order valence-electron chi connectivity index (χ0n) is 40.8. The average Bonchev–Trinajstić information content (AvgIpc) is 4.10. The van der Waals surface area contributed by atoms with E-state index in [0.29, 0.717) is 0 Å². The summed E-state index contributed by atoms with van der Waals surface area (Å²) >= 11 is 1.88. The number of amidine groups is 1. The van der Waals surface area contributed by atoms with Crippen molar-refractivity contribution < 1.29 is 0 Å². The molecular formula is C69H48N4S. The van der Waals surface area contributed by atoms with Gasteiger partial charge in [-0.2, -0.15) is 0 Å². The Labute approximate surface area is 432 Å². The maximum Gasteiger partial charge on any atom is 0.155 e. The van der Waals surface area contributed by atoms with E-state index >= 15 is 0 Å². The second kappa shape index (κ2) is 17.1. The zero-order chi connectivity index (χ0) is 48.9. The van der Waals surface area contributed by atoms with E-state index in [1.54, 1.807) is 0 Å². The number of rotatable bonds is 6. The lowest BCUT2D eigenvalue weighted by molar-refractivity contribution is 0.448. The molecule has 74 heavy (non-hydrogen) atoms. The summed E-state index contributed by atoms with van der Waals surface area (Å²) in [5.41, 5.74) is 13.8. The Kier molecular flexibility index (Phi) is 9.89. The molecule has 2 unspecified atom stereocenters. The van der Waals surface area contributed by atoms with Crippen LogP contribution < -0.4 is 0 Å². The molecule has 14 aromatic rings. The highest BCUT2D eigenvalue weighted by molar-refractivity contribution is 7.25. The van der Waals surface area contributed by atoms with Crippen molar-refractivity contribution in [2.45, 2.75) is 25.8 Å². The third-order valence-electron chi connectivity index (χ3n) is 15.7. The Morgan fingerprint density at radius 2 is 1.01 bits per heavy atom. The molecule has 1 aliphatic heterocycles. The van der Waals surface area contributed by atoms with Crippen LogP contribution in [0.3, 0.4) is 0 Å². The van der Waals surface area contributed by atoms with Gasteiger partial charge in [-0.05, 0) is 118 Å². The van der Waals surface area contributed by atoms with Crippen molar-refractivity contribution in [2.24, 2.45) is 15.9 Å². The van der Waals surface area contributed by atoms with Gasteiger partial charge in [0.1, 0.15) is 0 Å². The van der Waals surface area contributed by atoms with Crippen LogP contribution in [0.5, 0.6) is 0 Å². The van der Waals surface area contributed by atoms with Gasteiger partial charge in [0, 0.05) is 64.2 Å². The Hall–Kier alpha value is -8.90. The predicted molar refractivity (Wildman–Crippen MR) is 316 cm³/mol. The minimum absolute atomic E-state index is 0.154. The van der Waals surface area contributed by atoms with Gasteiger partial charge in [-0.3, -0.25) is 4.99 Å². The number of para-hydroxylation sites is 3. The maximum atomic E-state index is 6.02. The molecule has 2 atom stereocenters. The van der Waals surface area contributed by atoms with Gasteiger partial charge < -0.3 is 9.13 Å². The van der Waals surface area contributed by atoms with Crippen molar-refractivity contribution in [2.75, 3.05) is 0 Å². The predicted octanol–water partition coefficient (Wildman–Crippen LogP) is 18.6. The summed E-state index contributed by atoms with van der Waals surface area (Å²) in [6.07, 6.45) is 1.69. The summed E-state index contributed by atoms with van der Waals surface area (Å²) in [5, 5.41) is 12.5. The fraction of sp³-hybridized carbons (Fsp3) is 0.0725. The van der Waals surface area contributed by atoms with Crippen LogP contribution in [0, 0.1) is 5.92 Å². The molecule has 0 spiro atoms. The Morgan fingerprint density at radius 1 is 0.432 bits per heavy atom. The van der Waals surface area contributed by atoms with E-state index in [4.69, 9.17) is 9.98 Å². The molecule has 3 aromatic heterocycles. The van der Waals surface area contributed by atoms with E-state index in [-0.39, 0.29) is 12.0 Å². The van der Waals surface area contributed by atoms with Crippen LogP contribution in [-0.4, -0.2) is 20.7 Å². The lowest BCUT2D eigenvalue weighted by atomic mass is 9.86. The third-order valence-corrected chi connectivity index (χ3v) is 16.8. The van der Waals surface area contributed by atoms with E-state index < -0.39 is 0 Å². The van der Waals surface area contributed by atoms with Gasteiger partial charge in [0.2, 0.25) is 0 Å². The highest BCUT2D eigenvalue weighted by atomic mass is 32.1. The van der Waals surface area contributed by atoms with Gasteiger partial charge in [-0.1, -0.05) is 183 Å². The monoisotopic (exact) mass is 964 g/mol. The van der Waals surface area contributed by atoms with Gasteiger partial charge in [0.05, 0.1) is 33.8 Å². The third kappa shape index (κ3) is 6.88. The molecule has 0 fully saturated rings. The lowest BCUT2D eigenvalue weighted by Gasteiger charge is -2.26. The number of hydrogen-bond acceptors (Lipinski definition) is 3. The molecule has 0 aliphatic carbocycles. The van der Waals surface area contributed by atoms with Crippen molar-refractivity contribution in [1.82, 2.24) is 9.13 Å². The molecule has 4 nitrogen and oxygen atoms in total.